The second kappa shape index (κ2) is 8.55. The number of carbonyl (C=O) groups excluding carboxylic acids is 1. The molecule has 1 aromatic heterocycles. The summed E-state index contributed by atoms with van der Waals surface area (Å²) in [6, 6.07) is 1.94. The summed E-state index contributed by atoms with van der Waals surface area (Å²) in [7, 11) is 1.74. The van der Waals surface area contributed by atoms with Crippen LogP contribution in [0.4, 0.5) is 0 Å². The zero-order chi connectivity index (χ0) is 16.7. The van der Waals surface area contributed by atoms with Crippen molar-refractivity contribution in [2.75, 3.05) is 26.7 Å². The fourth-order valence-corrected chi connectivity index (χ4v) is 2.73. The fourth-order valence-electron chi connectivity index (χ4n) is 2.73. The average molecular weight is 322 g/mol. The fraction of sp³-hybridized carbons (Fsp3) is 0.688. The van der Waals surface area contributed by atoms with Crippen molar-refractivity contribution in [3.05, 3.63) is 17.5 Å². The van der Waals surface area contributed by atoms with Gasteiger partial charge >= 0.3 is 5.97 Å². The summed E-state index contributed by atoms with van der Waals surface area (Å²) < 4.78 is 10.4. The molecule has 1 atom stereocenters. The number of esters is 1. The number of hydrogen-bond acceptors (Lipinski definition) is 5. The van der Waals surface area contributed by atoms with Crippen molar-refractivity contribution in [1.82, 2.24) is 15.4 Å². The molecule has 2 heterocycles. The number of aliphatic imine (C=N–C) groups is 1. The van der Waals surface area contributed by atoms with Gasteiger partial charge in [0.15, 0.2) is 11.7 Å². The maximum absolute atomic E-state index is 11.9. The molecule has 7 heteroatoms. The Bertz CT molecular complexity index is 541. The lowest BCUT2D eigenvalue weighted by Crippen LogP contribution is -2.48. The van der Waals surface area contributed by atoms with Gasteiger partial charge < -0.3 is 19.5 Å². The number of aryl methyl sites for hydroxylation is 1. The van der Waals surface area contributed by atoms with Crippen LogP contribution in [0.1, 0.15) is 38.1 Å². The molecule has 128 valence electrons. The molecular weight excluding hydrogens is 296 g/mol. The topological polar surface area (TPSA) is 80.0 Å². The van der Waals surface area contributed by atoms with Gasteiger partial charge in [-0.1, -0.05) is 12.1 Å². The van der Waals surface area contributed by atoms with Gasteiger partial charge in [-0.25, -0.2) is 0 Å². The van der Waals surface area contributed by atoms with E-state index < -0.39 is 0 Å². The van der Waals surface area contributed by atoms with Gasteiger partial charge in [0.05, 0.1) is 24.8 Å². The van der Waals surface area contributed by atoms with Gasteiger partial charge in [-0.05, 0) is 26.2 Å². The van der Waals surface area contributed by atoms with E-state index in [1.807, 2.05) is 19.9 Å². The van der Waals surface area contributed by atoms with Crippen molar-refractivity contribution >= 4 is 11.9 Å². The number of nitrogens with zero attached hydrogens (tertiary/aromatic N) is 3. The maximum Gasteiger partial charge on any atom is 0.310 e. The first kappa shape index (κ1) is 17.3. The first-order chi connectivity index (χ1) is 11.2. The lowest BCUT2D eigenvalue weighted by Gasteiger charge is -2.33. The molecule has 0 spiro atoms. The minimum Gasteiger partial charge on any atom is -0.466 e. The van der Waals surface area contributed by atoms with Crippen LogP contribution in [0.25, 0.3) is 0 Å². The van der Waals surface area contributed by atoms with E-state index >= 15 is 0 Å². The van der Waals surface area contributed by atoms with Crippen molar-refractivity contribution in [2.45, 2.75) is 39.7 Å². The number of rotatable bonds is 5. The van der Waals surface area contributed by atoms with Gasteiger partial charge in [-0.2, -0.15) is 0 Å². The summed E-state index contributed by atoms with van der Waals surface area (Å²) in [4.78, 5) is 18.3. The number of likely N-dealkylation sites (tertiary alicyclic amines) is 1. The molecule has 1 unspecified atom stereocenters. The number of guanidine groups is 1. The monoisotopic (exact) mass is 322 g/mol. The van der Waals surface area contributed by atoms with Crippen LogP contribution in [0.15, 0.2) is 15.6 Å². The molecule has 1 fully saturated rings. The van der Waals surface area contributed by atoms with Gasteiger partial charge in [0.1, 0.15) is 0 Å². The number of nitrogens with one attached hydrogen (secondary N) is 1. The number of ether oxygens (including phenoxy) is 1. The van der Waals surface area contributed by atoms with Crippen molar-refractivity contribution < 1.29 is 14.1 Å². The molecule has 0 radical (unpaired) electrons. The van der Waals surface area contributed by atoms with Gasteiger partial charge in [-0.15, -0.1) is 0 Å². The molecule has 1 aliphatic heterocycles. The maximum atomic E-state index is 11.9. The normalized spacial score (nSPS) is 18.8. The molecule has 1 aromatic rings. The molecular formula is C16H26N4O3. The van der Waals surface area contributed by atoms with E-state index in [2.05, 4.69) is 20.4 Å². The smallest absolute Gasteiger partial charge is 0.310 e. The molecule has 1 aliphatic rings. The van der Waals surface area contributed by atoms with Gasteiger partial charge in [0, 0.05) is 26.2 Å². The molecule has 2 rings (SSSR count). The summed E-state index contributed by atoms with van der Waals surface area (Å²) in [5.74, 6) is 1.35. The van der Waals surface area contributed by atoms with Gasteiger partial charge in [0.2, 0.25) is 0 Å². The highest BCUT2D eigenvalue weighted by atomic mass is 16.5. The Hall–Kier alpha value is -2.05. The second-order valence-corrected chi connectivity index (χ2v) is 5.58. The molecule has 0 bridgehead atoms. The number of carbonyl (C=O) groups is 1. The van der Waals surface area contributed by atoms with E-state index in [9.17, 15) is 4.79 Å². The van der Waals surface area contributed by atoms with Gasteiger partial charge in [0.25, 0.3) is 0 Å². The van der Waals surface area contributed by atoms with Crippen LogP contribution in [0.3, 0.4) is 0 Å². The minimum atomic E-state index is -0.115. The Morgan fingerprint density at radius 2 is 2.39 bits per heavy atom. The van der Waals surface area contributed by atoms with Crippen LogP contribution < -0.4 is 5.32 Å². The molecule has 0 amide bonds. The highest BCUT2D eigenvalue weighted by Crippen LogP contribution is 2.18. The number of hydrogen-bond donors (Lipinski definition) is 1. The third-order valence-electron chi connectivity index (χ3n) is 3.94. The molecule has 1 N–H and O–H groups in total. The van der Waals surface area contributed by atoms with Crippen molar-refractivity contribution in [3.63, 3.8) is 0 Å². The van der Waals surface area contributed by atoms with E-state index in [1.165, 1.54) is 0 Å². The average Bonchev–Trinajstić information content (AvgIpc) is 3.04. The highest BCUT2D eigenvalue weighted by Gasteiger charge is 2.28. The third-order valence-corrected chi connectivity index (χ3v) is 3.94. The van der Waals surface area contributed by atoms with Crippen LogP contribution in [0.5, 0.6) is 0 Å². The Balaban J connectivity index is 1.90. The zero-order valence-corrected chi connectivity index (χ0v) is 14.2. The third kappa shape index (κ3) is 4.71. The standard InChI is InChI=1S/C16H26N4O3/c1-4-13-9-14(23-19-13)10-18-16(17-3)20-8-6-7-12(11-20)15(21)22-5-2/h9,12H,4-8,10-11H2,1-3H3,(H,17,18). The first-order valence-corrected chi connectivity index (χ1v) is 8.24. The Kier molecular flexibility index (Phi) is 6.43. The summed E-state index contributed by atoms with van der Waals surface area (Å²) in [5.41, 5.74) is 0.942. The quantitative estimate of drug-likeness (QED) is 0.504. The van der Waals surface area contributed by atoms with Crippen LogP contribution in [-0.2, 0) is 22.5 Å². The van der Waals surface area contributed by atoms with Crippen LogP contribution >= 0.6 is 0 Å². The van der Waals surface area contributed by atoms with E-state index in [-0.39, 0.29) is 11.9 Å². The van der Waals surface area contributed by atoms with Crippen LogP contribution in [0.2, 0.25) is 0 Å². The summed E-state index contributed by atoms with van der Waals surface area (Å²) >= 11 is 0. The van der Waals surface area contributed by atoms with Gasteiger partial charge in [-0.3, -0.25) is 9.79 Å². The predicted molar refractivity (Wildman–Crippen MR) is 87.0 cm³/mol. The number of aromatic nitrogens is 1. The SMILES string of the molecule is CCOC(=O)C1CCCN(C(=NC)NCc2cc(CC)no2)C1. The van der Waals surface area contributed by atoms with Crippen molar-refractivity contribution in [2.24, 2.45) is 10.9 Å². The van der Waals surface area contributed by atoms with Crippen molar-refractivity contribution in [3.8, 4) is 0 Å². The van der Waals surface area contributed by atoms with Crippen molar-refractivity contribution in [1.29, 1.82) is 0 Å². The summed E-state index contributed by atoms with van der Waals surface area (Å²) in [6.07, 6.45) is 2.67. The Labute approximate surface area is 137 Å². The molecule has 0 aromatic carbocycles. The van der Waals surface area contributed by atoms with E-state index in [0.717, 1.165) is 43.2 Å². The minimum absolute atomic E-state index is 0.0841. The largest absolute Gasteiger partial charge is 0.466 e. The van der Waals surface area contributed by atoms with E-state index in [1.54, 1.807) is 7.05 Å². The molecule has 0 aliphatic carbocycles. The highest BCUT2D eigenvalue weighted by molar-refractivity contribution is 5.81. The molecule has 1 saturated heterocycles. The molecule has 7 nitrogen and oxygen atoms in total. The van der Waals surface area contributed by atoms with Crippen LogP contribution in [-0.4, -0.2) is 48.7 Å². The lowest BCUT2D eigenvalue weighted by atomic mass is 9.98. The zero-order valence-electron chi connectivity index (χ0n) is 14.2. The molecule has 0 saturated carbocycles. The molecule has 23 heavy (non-hydrogen) atoms. The number of piperidine rings is 1. The van der Waals surface area contributed by atoms with E-state index in [4.69, 9.17) is 9.26 Å². The summed E-state index contributed by atoms with van der Waals surface area (Å²) in [5, 5.41) is 7.25. The van der Waals surface area contributed by atoms with Crippen LogP contribution in [0, 0.1) is 5.92 Å². The Morgan fingerprint density at radius 1 is 1.57 bits per heavy atom. The summed E-state index contributed by atoms with van der Waals surface area (Å²) in [6.45, 7) is 6.34. The Morgan fingerprint density at radius 3 is 3.04 bits per heavy atom. The predicted octanol–water partition coefficient (Wildman–Crippen LogP) is 1.59. The second-order valence-electron chi connectivity index (χ2n) is 5.58. The lowest BCUT2D eigenvalue weighted by molar-refractivity contribution is -0.149. The van der Waals surface area contributed by atoms with E-state index in [0.29, 0.717) is 19.7 Å². The first-order valence-electron chi connectivity index (χ1n) is 8.24.